The molecule has 0 unspecified atom stereocenters. The fourth-order valence-electron chi connectivity index (χ4n) is 3.53. The standard InChI is InChI=1S/C22H23Cl2N3O2S2/c1-15-3-5-17(6-4-15)12-18-14-30-22(25-18)26-7-9-27(10-8-26)31(28,29)21-11-16(2)19(23)13-20(21)24/h3-6,11,13-14H,7-10,12H2,1-2H3. The van der Waals surface area contributed by atoms with Gasteiger partial charge < -0.3 is 4.90 Å². The number of aromatic nitrogens is 1. The van der Waals surface area contributed by atoms with E-state index in [0.29, 0.717) is 36.8 Å². The Labute approximate surface area is 197 Å². The van der Waals surface area contributed by atoms with Gasteiger partial charge in [0.1, 0.15) is 4.90 Å². The number of halogens is 2. The second-order valence-corrected chi connectivity index (χ2v) is 11.3. The fourth-order valence-corrected chi connectivity index (χ4v) is 6.63. The van der Waals surface area contributed by atoms with Crippen LogP contribution in [0.2, 0.25) is 10.0 Å². The highest BCUT2D eigenvalue weighted by molar-refractivity contribution is 7.89. The van der Waals surface area contributed by atoms with E-state index in [9.17, 15) is 8.42 Å². The zero-order chi connectivity index (χ0) is 22.2. The smallest absolute Gasteiger partial charge is 0.244 e. The lowest BCUT2D eigenvalue weighted by molar-refractivity contribution is 0.384. The number of aryl methyl sites for hydroxylation is 2. The van der Waals surface area contributed by atoms with Crippen LogP contribution in [0.25, 0.3) is 0 Å². The molecular formula is C22H23Cl2N3O2S2. The minimum atomic E-state index is -3.68. The zero-order valence-electron chi connectivity index (χ0n) is 17.3. The van der Waals surface area contributed by atoms with Crippen molar-refractivity contribution in [2.75, 3.05) is 31.1 Å². The summed E-state index contributed by atoms with van der Waals surface area (Å²) in [4.78, 5) is 7.03. The predicted octanol–water partition coefficient (Wildman–Crippen LogP) is 5.17. The minimum absolute atomic E-state index is 0.110. The molecule has 1 aliphatic rings. The second kappa shape index (κ2) is 9.08. The van der Waals surface area contributed by atoms with Gasteiger partial charge >= 0.3 is 0 Å². The molecule has 1 fully saturated rings. The molecule has 1 aromatic heterocycles. The monoisotopic (exact) mass is 495 g/mol. The summed E-state index contributed by atoms with van der Waals surface area (Å²) in [7, 11) is -3.68. The molecule has 1 saturated heterocycles. The summed E-state index contributed by atoms with van der Waals surface area (Å²) in [5, 5.41) is 3.62. The topological polar surface area (TPSA) is 53.5 Å². The van der Waals surface area contributed by atoms with E-state index in [1.54, 1.807) is 24.3 Å². The number of hydrogen-bond donors (Lipinski definition) is 0. The number of nitrogens with zero attached hydrogens (tertiary/aromatic N) is 3. The predicted molar refractivity (Wildman–Crippen MR) is 128 cm³/mol. The summed E-state index contributed by atoms with van der Waals surface area (Å²) in [6, 6.07) is 11.5. The van der Waals surface area contributed by atoms with Crippen LogP contribution in [0.1, 0.15) is 22.4 Å². The lowest BCUT2D eigenvalue weighted by Gasteiger charge is -2.34. The van der Waals surface area contributed by atoms with Gasteiger partial charge in [0.15, 0.2) is 5.13 Å². The maximum absolute atomic E-state index is 13.1. The Bertz CT molecular complexity index is 1190. The van der Waals surface area contributed by atoms with Crippen molar-refractivity contribution >= 4 is 49.7 Å². The zero-order valence-corrected chi connectivity index (χ0v) is 20.5. The van der Waals surface area contributed by atoms with E-state index in [4.69, 9.17) is 28.2 Å². The highest BCUT2D eigenvalue weighted by Gasteiger charge is 2.31. The highest BCUT2D eigenvalue weighted by Crippen LogP contribution is 2.31. The van der Waals surface area contributed by atoms with Crippen LogP contribution in [0.3, 0.4) is 0 Å². The number of anilines is 1. The maximum Gasteiger partial charge on any atom is 0.244 e. The molecule has 164 valence electrons. The molecular weight excluding hydrogens is 473 g/mol. The second-order valence-electron chi connectivity index (χ2n) is 7.71. The maximum atomic E-state index is 13.1. The first-order chi connectivity index (χ1) is 14.7. The summed E-state index contributed by atoms with van der Waals surface area (Å²) in [5.41, 5.74) is 4.19. The Morgan fingerprint density at radius 1 is 1.00 bits per heavy atom. The summed E-state index contributed by atoms with van der Waals surface area (Å²) < 4.78 is 27.7. The van der Waals surface area contributed by atoms with Crippen LogP contribution < -0.4 is 4.90 Å². The van der Waals surface area contributed by atoms with Crippen LogP contribution in [0.4, 0.5) is 5.13 Å². The van der Waals surface area contributed by atoms with Crippen LogP contribution in [0.5, 0.6) is 0 Å². The van der Waals surface area contributed by atoms with E-state index < -0.39 is 10.0 Å². The molecule has 2 heterocycles. The van der Waals surface area contributed by atoms with Gasteiger partial charge in [-0.05, 0) is 37.1 Å². The molecule has 9 heteroatoms. The van der Waals surface area contributed by atoms with Crippen LogP contribution >= 0.6 is 34.5 Å². The van der Waals surface area contributed by atoms with Crippen molar-refractivity contribution in [1.82, 2.24) is 9.29 Å². The molecule has 4 rings (SSSR count). The summed E-state index contributed by atoms with van der Waals surface area (Å²) in [5.74, 6) is 0. The van der Waals surface area contributed by atoms with Gasteiger partial charge in [0.2, 0.25) is 10.0 Å². The SMILES string of the molecule is Cc1ccc(Cc2csc(N3CCN(S(=O)(=O)c4cc(C)c(Cl)cc4Cl)CC3)n2)cc1. The van der Waals surface area contributed by atoms with Crippen molar-refractivity contribution in [3.8, 4) is 0 Å². The molecule has 31 heavy (non-hydrogen) atoms. The van der Waals surface area contributed by atoms with E-state index in [0.717, 1.165) is 17.2 Å². The van der Waals surface area contributed by atoms with Gasteiger partial charge in [-0.15, -0.1) is 11.3 Å². The van der Waals surface area contributed by atoms with Gasteiger partial charge in [-0.2, -0.15) is 4.31 Å². The molecule has 0 amide bonds. The Morgan fingerprint density at radius 3 is 2.35 bits per heavy atom. The van der Waals surface area contributed by atoms with Crippen molar-refractivity contribution in [3.05, 3.63) is 74.2 Å². The Kier molecular flexibility index (Phi) is 6.60. The molecule has 0 saturated carbocycles. The quantitative estimate of drug-likeness (QED) is 0.489. The number of piperazine rings is 1. The van der Waals surface area contributed by atoms with Crippen LogP contribution in [-0.2, 0) is 16.4 Å². The average molecular weight is 496 g/mol. The molecule has 0 atom stereocenters. The summed E-state index contributed by atoms with van der Waals surface area (Å²) in [6.07, 6.45) is 0.791. The summed E-state index contributed by atoms with van der Waals surface area (Å²) >= 11 is 13.9. The number of hydrogen-bond acceptors (Lipinski definition) is 5. The van der Waals surface area contributed by atoms with Gasteiger partial charge in [0.25, 0.3) is 0 Å². The van der Waals surface area contributed by atoms with Gasteiger partial charge in [-0.3, -0.25) is 0 Å². The molecule has 0 spiro atoms. The Balaban J connectivity index is 1.42. The molecule has 2 aromatic carbocycles. The van der Waals surface area contributed by atoms with Crippen LogP contribution in [-0.4, -0.2) is 43.9 Å². The van der Waals surface area contributed by atoms with Crippen molar-refractivity contribution in [2.45, 2.75) is 25.2 Å². The average Bonchev–Trinajstić information content (AvgIpc) is 3.21. The number of thiazole rings is 1. The third kappa shape index (κ3) is 4.91. The lowest BCUT2D eigenvalue weighted by Crippen LogP contribution is -2.48. The third-order valence-electron chi connectivity index (χ3n) is 5.39. The van der Waals surface area contributed by atoms with Crippen LogP contribution in [0, 0.1) is 13.8 Å². The highest BCUT2D eigenvalue weighted by atomic mass is 35.5. The molecule has 1 aliphatic heterocycles. The number of sulfonamides is 1. The van der Waals surface area contributed by atoms with E-state index in [2.05, 4.69) is 41.5 Å². The number of rotatable bonds is 5. The molecule has 0 N–H and O–H groups in total. The van der Waals surface area contributed by atoms with Crippen molar-refractivity contribution in [1.29, 1.82) is 0 Å². The van der Waals surface area contributed by atoms with Crippen molar-refractivity contribution in [2.24, 2.45) is 0 Å². The van der Waals surface area contributed by atoms with E-state index in [1.807, 2.05) is 0 Å². The summed E-state index contributed by atoms with van der Waals surface area (Å²) in [6.45, 7) is 5.78. The number of benzene rings is 2. The normalized spacial score (nSPS) is 15.4. The molecule has 5 nitrogen and oxygen atoms in total. The van der Waals surface area contributed by atoms with Gasteiger partial charge in [-0.1, -0.05) is 53.0 Å². The molecule has 0 radical (unpaired) electrons. The molecule has 3 aromatic rings. The van der Waals surface area contributed by atoms with Gasteiger partial charge in [0, 0.05) is 43.0 Å². The van der Waals surface area contributed by atoms with Gasteiger partial charge in [-0.25, -0.2) is 13.4 Å². The third-order valence-corrected chi connectivity index (χ3v) is 9.11. The molecule has 0 aliphatic carbocycles. The van der Waals surface area contributed by atoms with Gasteiger partial charge in [0.05, 0.1) is 10.7 Å². The van der Waals surface area contributed by atoms with Crippen molar-refractivity contribution in [3.63, 3.8) is 0 Å². The van der Waals surface area contributed by atoms with Crippen molar-refractivity contribution < 1.29 is 8.42 Å². The largest absolute Gasteiger partial charge is 0.345 e. The Morgan fingerprint density at radius 2 is 1.68 bits per heavy atom. The minimum Gasteiger partial charge on any atom is -0.345 e. The van der Waals surface area contributed by atoms with E-state index >= 15 is 0 Å². The first kappa shape index (κ1) is 22.6. The Hall–Kier alpha value is -1.64. The van der Waals surface area contributed by atoms with E-state index in [-0.39, 0.29) is 9.92 Å². The molecule has 0 bridgehead atoms. The van der Waals surface area contributed by atoms with E-state index in [1.165, 1.54) is 21.5 Å². The fraction of sp³-hybridized carbons (Fsp3) is 0.318. The van der Waals surface area contributed by atoms with Crippen LogP contribution in [0.15, 0.2) is 46.7 Å². The lowest BCUT2D eigenvalue weighted by atomic mass is 10.1. The first-order valence-electron chi connectivity index (χ1n) is 9.95. The first-order valence-corrected chi connectivity index (χ1v) is 13.0.